The van der Waals surface area contributed by atoms with Gasteiger partial charge in [0.2, 0.25) is 0 Å². The van der Waals surface area contributed by atoms with Crippen molar-refractivity contribution in [2.45, 2.75) is 26.4 Å². The van der Waals surface area contributed by atoms with E-state index in [0.29, 0.717) is 6.07 Å². The highest BCUT2D eigenvalue weighted by Crippen LogP contribution is 2.10. The number of benzene rings is 1. The Kier molecular flexibility index (Phi) is 5.63. The molecule has 1 N–H and O–H groups in total. The van der Waals surface area contributed by atoms with E-state index in [0.717, 1.165) is 12.1 Å². The maximum absolute atomic E-state index is 13.3. The second-order valence-corrected chi connectivity index (χ2v) is 5.19. The summed E-state index contributed by atoms with van der Waals surface area (Å²) >= 11 is 0. The van der Waals surface area contributed by atoms with Crippen LogP contribution < -0.4 is 5.32 Å². The number of halogens is 2. The van der Waals surface area contributed by atoms with Crippen LogP contribution in [0.5, 0.6) is 0 Å². The van der Waals surface area contributed by atoms with E-state index in [2.05, 4.69) is 5.32 Å². The molecule has 0 aliphatic carbocycles. The Labute approximate surface area is 121 Å². The first-order valence-electron chi connectivity index (χ1n) is 6.28. The second kappa shape index (κ2) is 7.01. The molecule has 0 radical (unpaired) electrons. The Balaban J connectivity index is 2.36. The number of carbonyl (C=O) groups excluding carboxylic acids is 2. The summed E-state index contributed by atoms with van der Waals surface area (Å²) < 4.78 is 35.7. The second-order valence-electron chi connectivity index (χ2n) is 5.19. The third-order valence-corrected chi connectivity index (χ3v) is 2.15. The molecule has 5 nitrogen and oxygen atoms in total. The van der Waals surface area contributed by atoms with E-state index >= 15 is 0 Å². The zero-order valence-electron chi connectivity index (χ0n) is 12.0. The number of nitrogens with one attached hydrogen (secondary N) is 1. The highest BCUT2D eigenvalue weighted by atomic mass is 19.1. The summed E-state index contributed by atoms with van der Waals surface area (Å²) in [5, 5.41) is 2.38. The average molecular weight is 301 g/mol. The maximum Gasteiger partial charge on any atom is 0.407 e. The van der Waals surface area contributed by atoms with Gasteiger partial charge in [-0.3, -0.25) is 0 Å². The number of carbonyl (C=O) groups is 2. The van der Waals surface area contributed by atoms with Crippen molar-refractivity contribution in [3.05, 3.63) is 35.4 Å². The maximum atomic E-state index is 13.3. The molecular formula is C14H17F2NO4. The third kappa shape index (κ3) is 6.20. The van der Waals surface area contributed by atoms with Crippen LogP contribution in [0.1, 0.15) is 31.1 Å². The standard InChI is InChI=1S/C14H17F2NO4/c1-14(2,3)21-13(19)17-6-7-20-12(18)10-5-4-9(15)8-11(10)16/h4-5,8H,6-7H2,1-3H3,(H,17,19). The monoisotopic (exact) mass is 301 g/mol. The lowest BCUT2D eigenvalue weighted by Crippen LogP contribution is -2.34. The van der Waals surface area contributed by atoms with Crippen LogP contribution >= 0.6 is 0 Å². The number of hydrogen-bond donors (Lipinski definition) is 1. The Hall–Kier alpha value is -2.18. The first-order chi connectivity index (χ1) is 9.69. The molecule has 0 spiro atoms. The summed E-state index contributed by atoms with van der Waals surface area (Å²) in [6, 6.07) is 2.54. The molecular weight excluding hydrogens is 284 g/mol. The summed E-state index contributed by atoms with van der Waals surface area (Å²) in [6.45, 7) is 5.00. The molecule has 1 amide bonds. The highest BCUT2D eigenvalue weighted by molar-refractivity contribution is 5.89. The topological polar surface area (TPSA) is 64.6 Å². The van der Waals surface area contributed by atoms with Crippen molar-refractivity contribution in [1.29, 1.82) is 0 Å². The van der Waals surface area contributed by atoms with Gasteiger partial charge in [0.1, 0.15) is 23.8 Å². The summed E-state index contributed by atoms with van der Waals surface area (Å²) in [5.74, 6) is -2.71. The largest absolute Gasteiger partial charge is 0.460 e. The van der Waals surface area contributed by atoms with Crippen molar-refractivity contribution in [2.75, 3.05) is 13.2 Å². The van der Waals surface area contributed by atoms with E-state index in [-0.39, 0.29) is 18.7 Å². The quantitative estimate of drug-likeness (QED) is 0.686. The Morgan fingerprint density at radius 2 is 1.90 bits per heavy atom. The van der Waals surface area contributed by atoms with Gasteiger partial charge in [0.05, 0.1) is 12.1 Å². The fourth-order valence-electron chi connectivity index (χ4n) is 1.34. The normalized spacial score (nSPS) is 10.9. The summed E-state index contributed by atoms with van der Waals surface area (Å²) in [4.78, 5) is 22.8. The highest BCUT2D eigenvalue weighted by Gasteiger charge is 2.16. The van der Waals surface area contributed by atoms with Crippen LogP contribution in [0, 0.1) is 11.6 Å². The van der Waals surface area contributed by atoms with Gasteiger partial charge >= 0.3 is 12.1 Å². The molecule has 116 valence electrons. The molecule has 0 heterocycles. The van der Waals surface area contributed by atoms with Crippen LogP contribution in [-0.4, -0.2) is 30.8 Å². The Morgan fingerprint density at radius 1 is 1.24 bits per heavy atom. The number of alkyl carbamates (subject to hydrolysis) is 1. The lowest BCUT2D eigenvalue weighted by molar-refractivity contribution is 0.0430. The van der Waals surface area contributed by atoms with E-state index in [4.69, 9.17) is 9.47 Å². The lowest BCUT2D eigenvalue weighted by atomic mass is 10.2. The van der Waals surface area contributed by atoms with Gasteiger partial charge < -0.3 is 14.8 Å². The van der Waals surface area contributed by atoms with E-state index < -0.39 is 29.3 Å². The van der Waals surface area contributed by atoms with Crippen molar-refractivity contribution in [2.24, 2.45) is 0 Å². The van der Waals surface area contributed by atoms with Crippen molar-refractivity contribution in [3.8, 4) is 0 Å². The minimum Gasteiger partial charge on any atom is -0.460 e. The molecule has 0 fully saturated rings. The smallest absolute Gasteiger partial charge is 0.407 e. The summed E-state index contributed by atoms with van der Waals surface area (Å²) in [5.41, 5.74) is -0.994. The number of amides is 1. The van der Waals surface area contributed by atoms with Gasteiger partial charge in [-0.2, -0.15) is 0 Å². The van der Waals surface area contributed by atoms with Crippen molar-refractivity contribution in [3.63, 3.8) is 0 Å². The van der Waals surface area contributed by atoms with Crippen molar-refractivity contribution < 1.29 is 27.8 Å². The fourth-order valence-corrected chi connectivity index (χ4v) is 1.34. The summed E-state index contributed by atoms with van der Waals surface area (Å²) in [6.07, 6.45) is -0.647. The van der Waals surface area contributed by atoms with E-state index in [9.17, 15) is 18.4 Å². The van der Waals surface area contributed by atoms with E-state index in [1.165, 1.54) is 0 Å². The molecule has 0 saturated carbocycles. The SMILES string of the molecule is CC(C)(C)OC(=O)NCCOC(=O)c1ccc(F)cc1F. The molecule has 1 aromatic rings. The van der Waals surface area contributed by atoms with Crippen LogP contribution in [0.15, 0.2) is 18.2 Å². The van der Waals surface area contributed by atoms with Gasteiger partial charge in [-0.25, -0.2) is 18.4 Å². The molecule has 0 saturated heterocycles. The molecule has 0 aliphatic heterocycles. The van der Waals surface area contributed by atoms with E-state index in [1.807, 2.05) is 0 Å². The predicted octanol–water partition coefficient (Wildman–Crippen LogP) is 2.65. The number of hydrogen-bond acceptors (Lipinski definition) is 4. The zero-order chi connectivity index (χ0) is 16.0. The minimum absolute atomic E-state index is 0.0173. The molecule has 0 bridgehead atoms. The molecule has 21 heavy (non-hydrogen) atoms. The van der Waals surface area contributed by atoms with Crippen molar-refractivity contribution in [1.82, 2.24) is 5.32 Å². The molecule has 0 aromatic heterocycles. The predicted molar refractivity (Wildman–Crippen MR) is 70.9 cm³/mol. The van der Waals surface area contributed by atoms with Crippen LogP contribution in [0.25, 0.3) is 0 Å². The van der Waals surface area contributed by atoms with Gasteiger partial charge in [0, 0.05) is 6.07 Å². The molecule has 1 rings (SSSR count). The minimum atomic E-state index is -1.000. The van der Waals surface area contributed by atoms with Gasteiger partial charge in [0.15, 0.2) is 0 Å². The van der Waals surface area contributed by atoms with Gasteiger partial charge in [-0.1, -0.05) is 0 Å². The molecule has 1 aromatic carbocycles. The molecule has 7 heteroatoms. The van der Waals surface area contributed by atoms with Crippen LogP contribution in [0.3, 0.4) is 0 Å². The average Bonchev–Trinajstić information content (AvgIpc) is 2.32. The lowest BCUT2D eigenvalue weighted by Gasteiger charge is -2.19. The van der Waals surface area contributed by atoms with Crippen LogP contribution in [-0.2, 0) is 9.47 Å². The number of rotatable bonds is 4. The van der Waals surface area contributed by atoms with Crippen molar-refractivity contribution >= 4 is 12.1 Å². The summed E-state index contributed by atoms with van der Waals surface area (Å²) in [7, 11) is 0. The van der Waals surface area contributed by atoms with Gasteiger partial charge in [-0.05, 0) is 32.9 Å². The Bertz CT molecular complexity index is 526. The Morgan fingerprint density at radius 3 is 2.48 bits per heavy atom. The first kappa shape index (κ1) is 16.9. The number of ether oxygens (including phenoxy) is 2. The number of esters is 1. The molecule has 0 aliphatic rings. The zero-order valence-corrected chi connectivity index (χ0v) is 12.0. The fraction of sp³-hybridized carbons (Fsp3) is 0.429. The van der Waals surface area contributed by atoms with Gasteiger partial charge in [-0.15, -0.1) is 0 Å². The third-order valence-electron chi connectivity index (χ3n) is 2.15. The molecule has 0 unspecified atom stereocenters. The van der Waals surface area contributed by atoms with E-state index in [1.54, 1.807) is 20.8 Å². The first-order valence-corrected chi connectivity index (χ1v) is 6.28. The molecule has 0 atom stereocenters. The van der Waals surface area contributed by atoms with Crippen LogP contribution in [0.4, 0.5) is 13.6 Å². The van der Waals surface area contributed by atoms with Gasteiger partial charge in [0.25, 0.3) is 0 Å². The van der Waals surface area contributed by atoms with Crippen LogP contribution in [0.2, 0.25) is 0 Å².